The van der Waals surface area contributed by atoms with E-state index in [9.17, 15) is 8.42 Å². The number of hydrogen-bond acceptors (Lipinski definition) is 5. The quantitative estimate of drug-likeness (QED) is 0.892. The molecule has 0 bridgehead atoms. The van der Waals surface area contributed by atoms with Crippen LogP contribution in [0.3, 0.4) is 0 Å². The molecular weight excluding hydrogens is 280 g/mol. The van der Waals surface area contributed by atoms with E-state index < -0.39 is 9.84 Å². The molecule has 0 saturated carbocycles. The highest BCUT2D eigenvalue weighted by molar-refractivity contribution is 7.91. The van der Waals surface area contributed by atoms with E-state index in [1.54, 1.807) is 11.3 Å². The molecule has 1 aliphatic heterocycles. The van der Waals surface area contributed by atoms with Gasteiger partial charge in [0, 0.05) is 36.6 Å². The SMILES string of the molecule is CC(CNCc1cccs1)N1CCS(=O)(=O)CC1C. The van der Waals surface area contributed by atoms with Gasteiger partial charge in [-0.15, -0.1) is 11.3 Å². The fourth-order valence-electron chi connectivity index (χ4n) is 2.60. The van der Waals surface area contributed by atoms with Crippen LogP contribution in [0.1, 0.15) is 18.7 Å². The highest BCUT2D eigenvalue weighted by atomic mass is 32.2. The Labute approximate surface area is 119 Å². The van der Waals surface area contributed by atoms with Crippen molar-refractivity contribution in [2.24, 2.45) is 0 Å². The topological polar surface area (TPSA) is 49.4 Å². The Balaban J connectivity index is 1.78. The second-order valence-corrected chi connectivity index (χ2v) is 8.52. The normalized spacial score (nSPS) is 25.3. The van der Waals surface area contributed by atoms with Gasteiger partial charge < -0.3 is 5.32 Å². The maximum Gasteiger partial charge on any atom is 0.153 e. The maximum absolute atomic E-state index is 11.6. The van der Waals surface area contributed by atoms with Crippen molar-refractivity contribution in [3.63, 3.8) is 0 Å². The van der Waals surface area contributed by atoms with Crippen LogP contribution in [0.4, 0.5) is 0 Å². The van der Waals surface area contributed by atoms with Crippen molar-refractivity contribution >= 4 is 21.2 Å². The Morgan fingerprint density at radius 2 is 2.37 bits per heavy atom. The summed E-state index contributed by atoms with van der Waals surface area (Å²) in [6.07, 6.45) is 0. The van der Waals surface area contributed by atoms with E-state index in [4.69, 9.17) is 0 Å². The third-order valence-electron chi connectivity index (χ3n) is 3.61. The van der Waals surface area contributed by atoms with Crippen LogP contribution in [0.5, 0.6) is 0 Å². The van der Waals surface area contributed by atoms with Crippen molar-refractivity contribution < 1.29 is 8.42 Å². The smallest absolute Gasteiger partial charge is 0.153 e. The van der Waals surface area contributed by atoms with Gasteiger partial charge in [0.2, 0.25) is 0 Å². The number of nitrogens with zero attached hydrogens (tertiary/aromatic N) is 1. The minimum absolute atomic E-state index is 0.122. The zero-order valence-electron chi connectivity index (χ0n) is 11.5. The van der Waals surface area contributed by atoms with Crippen molar-refractivity contribution in [2.45, 2.75) is 32.5 Å². The van der Waals surface area contributed by atoms with E-state index in [-0.39, 0.29) is 6.04 Å². The predicted molar refractivity (Wildman–Crippen MR) is 80.3 cm³/mol. The lowest BCUT2D eigenvalue weighted by Gasteiger charge is -2.37. The van der Waals surface area contributed by atoms with E-state index in [2.05, 4.69) is 34.7 Å². The highest BCUT2D eigenvalue weighted by Crippen LogP contribution is 2.14. The van der Waals surface area contributed by atoms with Crippen molar-refractivity contribution in [3.8, 4) is 0 Å². The van der Waals surface area contributed by atoms with Crippen molar-refractivity contribution in [1.82, 2.24) is 10.2 Å². The Bertz CT molecular complexity index is 485. The first kappa shape index (κ1) is 15.0. The standard InChI is InChI=1S/C13H22N2O2S2/c1-11(8-14-9-13-4-3-6-18-13)15-5-7-19(16,17)10-12(15)2/h3-4,6,11-12,14H,5,7-10H2,1-2H3. The van der Waals surface area contributed by atoms with Crippen LogP contribution >= 0.6 is 11.3 Å². The Hall–Kier alpha value is -0.430. The average molecular weight is 302 g/mol. The molecular formula is C13H22N2O2S2. The summed E-state index contributed by atoms with van der Waals surface area (Å²) < 4.78 is 23.1. The molecule has 108 valence electrons. The zero-order valence-corrected chi connectivity index (χ0v) is 13.1. The molecule has 1 aromatic rings. The highest BCUT2D eigenvalue weighted by Gasteiger charge is 2.30. The van der Waals surface area contributed by atoms with E-state index in [0.717, 1.165) is 13.1 Å². The summed E-state index contributed by atoms with van der Waals surface area (Å²) in [7, 11) is -2.81. The first-order chi connectivity index (χ1) is 8.98. The maximum atomic E-state index is 11.6. The van der Waals surface area contributed by atoms with Crippen LogP contribution in [0.25, 0.3) is 0 Å². The molecule has 2 rings (SSSR count). The number of rotatable bonds is 5. The molecule has 4 nitrogen and oxygen atoms in total. The molecule has 0 aromatic carbocycles. The molecule has 1 aromatic heterocycles. The van der Waals surface area contributed by atoms with Crippen LogP contribution in [0.15, 0.2) is 17.5 Å². The van der Waals surface area contributed by atoms with Crippen LogP contribution in [-0.2, 0) is 16.4 Å². The molecule has 0 amide bonds. The second-order valence-electron chi connectivity index (χ2n) is 5.26. The summed E-state index contributed by atoms with van der Waals surface area (Å²) >= 11 is 1.76. The molecule has 2 unspecified atom stereocenters. The van der Waals surface area contributed by atoms with Gasteiger partial charge in [0.05, 0.1) is 11.5 Å². The van der Waals surface area contributed by atoms with E-state index in [1.807, 2.05) is 6.92 Å². The number of nitrogens with one attached hydrogen (secondary N) is 1. The molecule has 1 fully saturated rings. The van der Waals surface area contributed by atoms with Crippen molar-refractivity contribution in [1.29, 1.82) is 0 Å². The van der Waals surface area contributed by atoms with Crippen LogP contribution in [-0.4, -0.2) is 50.0 Å². The first-order valence-corrected chi connectivity index (χ1v) is 9.37. The molecule has 0 radical (unpaired) electrons. The summed E-state index contributed by atoms with van der Waals surface area (Å²) in [5.41, 5.74) is 0. The monoisotopic (exact) mass is 302 g/mol. The third kappa shape index (κ3) is 4.27. The zero-order chi connectivity index (χ0) is 13.9. The minimum atomic E-state index is -2.81. The molecule has 2 heterocycles. The second kappa shape index (κ2) is 6.35. The summed E-state index contributed by atoms with van der Waals surface area (Å²) in [5.74, 6) is 0.592. The molecule has 0 spiro atoms. The number of thiophene rings is 1. The van der Waals surface area contributed by atoms with Crippen molar-refractivity contribution in [3.05, 3.63) is 22.4 Å². The summed E-state index contributed by atoms with van der Waals surface area (Å²) in [6, 6.07) is 4.67. The lowest BCUT2D eigenvalue weighted by Crippen LogP contribution is -2.53. The Morgan fingerprint density at radius 1 is 1.58 bits per heavy atom. The third-order valence-corrected chi connectivity index (χ3v) is 6.28. The minimum Gasteiger partial charge on any atom is -0.310 e. The van der Waals surface area contributed by atoms with E-state index in [0.29, 0.717) is 24.1 Å². The van der Waals surface area contributed by atoms with Gasteiger partial charge in [0.15, 0.2) is 9.84 Å². The lowest BCUT2D eigenvalue weighted by molar-refractivity contribution is 0.165. The number of sulfone groups is 1. The molecule has 0 aliphatic carbocycles. The molecule has 6 heteroatoms. The first-order valence-electron chi connectivity index (χ1n) is 6.67. The van der Waals surface area contributed by atoms with Gasteiger partial charge in [0.25, 0.3) is 0 Å². The average Bonchev–Trinajstić information content (AvgIpc) is 2.80. The Morgan fingerprint density at radius 3 is 3.00 bits per heavy atom. The van der Waals surface area contributed by atoms with Gasteiger partial charge in [0.1, 0.15) is 0 Å². The molecule has 19 heavy (non-hydrogen) atoms. The molecule has 1 saturated heterocycles. The van der Waals surface area contributed by atoms with Gasteiger partial charge in [-0.2, -0.15) is 0 Å². The van der Waals surface area contributed by atoms with E-state index in [1.165, 1.54) is 4.88 Å². The lowest BCUT2D eigenvalue weighted by atomic mass is 10.2. The molecule has 2 atom stereocenters. The van der Waals surface area contributed by atoms with E-state index >= 15 is 0 Å². The van der Waals surface area contributed by atoms with Gasteiger partial charge in [-0.05, 0) is 25.3 Å². The fraction of sp³-hybridized carbons (Fsp3) is 0.692. The Kier molecular flexibility index (Phi) is 5.00. The predicted octanol–water partition coefficient (Wildman–Crippen LogP) is 1.35. The van der Waals surface area contributed by atoms with Gasteiger partial charge in [-0.3, -0.25) is 4.90 Å². The summed E-state index contributed by atoms with van der Waals surface area (Å²) in [6.45, 7) is 6.61. The van der Waals surface area contributed by atoms with Crippen molar-refractivity contribution in [2.75, 3.05) is 24.6 Å². The number of hydrogen-bond donors (Lipinski definition) is 1. The molecule has 1 N–H and O–H groups in total. The molecule has 1 aliphatic rings. The van der Waals surface area contributed by atoms with Crippen LogP contribution in [0.2, 0.25) is 0 Å². The summed E-state index contributed by atoms with van der Waals surface area (Å²) in [4.78, 5) is 3.63. The fourth-order valence-corrected chi connectivity index (χ4v) is 4.86. The van der Waals surface area contributed by atoms with Crippen LogP contribution < -0.4 is 5.32 Å². The van der Waals surface area contributed by atoms with Gasteiger partial charge in [-0.25, -0.2) is 8.42 Å². The van der Waals surface area contributed by atoms with Gasteiger partial charge >= 0.3 is 0 Å². The summed E-state index contributed by atoms with van der Waals surface area (Å²) in [5, 5.41) is 5.53. The van der Waals surface area contributed by atoms with Gasteiger partial charge in [-0.1, -0.05) is 6.07 Å². The van der Waals surface area contributed by atoms with Crippen LogP contribution in [0, 0.1) is 0 Å². The largest absolute Gasteiger partial charge is 0.310 e.